The van der Waals surface area contributed by atoms with Gasteiger partial charge in [-0.05, 0) is 88.9 Å². The number of rotatable bonds is 14. The Morgan fingerprint density at radius 3 is 1.82 bits per heavy atom. The Morgan fingerprint density at radius 1 is 0.875 bits per heavy atom. The van der Waals surface area contributed by atoms with Gasteiger partial charge in [-0.2, -0.15) is 5.10 Å². The molecule has 0 aliphatic heterocycles. The standard InChI is InChI=1S/C25H34FN3O3.C4H4O4/c1-18(2)29(19(3)4)25(30)23-13-12-22(16-24(23)26)32-15-7-5-6-14-31-21-10-8-20(9-11-21)17-28-27;5-3(6)1-2-4(7)8/h8-13,16-19H,5-7,14-15,27H2,1-4H3;1-2H,(H,5,6)(H,7,8). The van der Waals surface area contributed by atoms with Crippen molar-refractivity contribution >= 4 is 24.1 Å². The minimum Gasteiger partial charge on any atom is -0.494 e. The molecule has 0 saturated heterocycles. The summed E-state index contributed by atoms with van der Waals surface area (Å²) < 4.78 is 25.9. The highest BCUT2D eigenvalue weighted by Crippen LogP contribution is 2.21. The van der Waals surface area contributed by atoms with E-state index in [9.17, 15) is 18.8 Å². The van der Waals surface area contributed by atoms with Gasteiger partial charge in [0.05, 0.1) is 25.0 Å². The normalized spacial score (nSPS) is 11.0. The Balaban J connectivity index is 0.000000869. The van der Waals surface area contributed by atoms with E-state index >= 15 is 0 Å². The van der Waals surface area contributed by atoms with E-state index in [1.54, 1.807) is 17.2 Å². The summed E-state index contributed by atoms with van der Waals surface area (Å²) in [6.45, 7) is 8.78. The number of ether oxygens (including phenoxy) is 2. The molecule has 0 saturated carbocycles. The Labute approximate surface area is 233 Å². The first-order valence-electron chi connectivity index (χ1n) is 12.8. The summed E-state index contributed by atoms with van der Waals surface area (Å²) in [6.07, 6.45) is 5.33. The van der Waals surface area contributed by atoms with E-state index in [0.717, 1.165) is 30.6 Å². The molecule has 218 valence electrons. The summed E-state index contributed by atoms with van der Waals surface area (Å²) in [5.41, 5.74) is 0.989. The molecule has 0 heterocycles. The Bertz CT molecular complexity index is 1120. The van der Waals surface area contributed by atoms with Gasteiger partial charge in [-0.1, -0.05) is 0 Å². The lowest BCUT2D eigenvalue weighted by atomic mass is 10.1. The zero-order valence-corrected chi connectivity index (χ0v) is 23.2. The number of aliphatic carboxylic acids is 2. The molecule has 1 amide bonds. The van der Waals surface area contributed by atoms with Crippen molar-refractivity contribution < 1.29 is 38.5 Å². The number of hydrogen-bond donors (Lipinski definition) is 3. The molecule has 0 unspecified atom stereocenters. The summed E-state index contributed by atoms with van der Waals surface area (Å²) in [7, 11) is 0. The zero-order valence-electron chi connectivity index (χ0n) is 23.2. The molecule has 4 N–H and O–H groups in total. The first-order valence-corrected chi connectivity index (χ1v) is 12.8. The molecule has 10 nitrogen and oxygen atoms in total. The topological polar surface area (TPSA) is 152 Å². The van der Waals surface area contributed by atoms with Crippen LogP contribution in [0, 0.1) is 5.82 Å². The van der Waals surface area contributed by atoms with Crippen molar-refractivity contribution in [3.63, 3.8) is 0 Å². The van der Waals surface area contributed by atoms with Crippen molar-refractivity contribution in [2.75, 3.05) is 13.2 Å². The van der Waals surface area contributed by atoms with Crippen LogP contribution in [0.3, 0.4) is 0 Å². The van der Waals surface area contributed by atoms with Crippen LogP contribution in [-0.4, -0.2) is 64.5 Å². The van der Waals surface area contributed by atoms with Crippen molar-refractivity contribution in [3.05, 3.63) is 71.6 Å². The van der Waals surface area contributed by atoms with Crippen LogP contribution in [0.5, 0.6) is 11.5 Å². The third-order valence-corrected chi connectivity index (χ3v) is 5.32. The Morgan fingerprint density at radius 2 is 1.38 bits per heavy atom. The second kappa shape index (κ2) is 18.0. The fraction of sp³-hybridized carbons (Fsp3) is 0.379. The number of nitrogens with zero attached hydrogens (tertiary/aromatic N) is 2. The highest BCUT2D eigenvalue weighted by molar-refractivity contribution is 5.95. The van der Waals surface area contributed by atoms with Gasteiger partial charge in [-0.25, -0.2) is 14.0 Å². The van der Waals surface area contributed by atoms with Crippen molar-refractivity contribution in [1.82, 2.24) is 4.90 Å². The molecule has 2 aromatic carbocycles. The SMILES string of the molecule is CC(C)N(C(=O)c1ccc(OCCCCCOc2ccc(C=NN)cc2)cc1F)C(C)C.O=C(O)C=CC(=O)O. The molecule has 0 aromatic heterocycles. The largest absolute Gasteiger partial charge is 0.494 e. The molecule has 0 bridgehead atoms. The van der Waals surface area contributed by atoms with Crippen molar-refractivity contribution in [2.24, 2.45) is 10.9 Å². The van der Waals surface area contributed by atoms with E-state index in [2.05, 4.69) is 5.10 Å². The van der Waals surface area contributed by atoms with Gasteiger partial charge in [-0.15, -0.1) is 0 Å². The average Bonchev–Trinajstić information content (AvgIpc) is 2.88. The molecule has 0 aliphatic rings. The number of unbranched alkanes of at least 4 members (excludes halogenated alkanes) is 2. The van der Waals surface area contributed by atoms with Gasteiger partial charge in [0.15, 0.2) is 0 Å². The van der Waals surface area contributed by atoms with Gasteiger partial charge in [0.2, 0.25) is 0 Å². The number of carboxylic acid groups (broad SMARTS) is 2. The van der Waals surface area contributed by atoms with Gasteiger partial charge in [-0.3, -0.25) is 4.79 Å². The second-order valence-electron chi connectivity index (χ2n) is 9.16. The highest BCUT2D eigenvalue weighted by atomic mass is 19.1. The van der Waals surface area contributed by atoms with Crippen molar-refractivity contribution in [1.29, 1.82) is 0 Å². The Hall–Kier alpha value is -4.41. The van der Waals surface area contributed by atoms with Gasteiger partial charge in [0.25, 0.3) is 5.91 Å². The van der Waals surface area contributed by atoms with Gasteiger partial charge in [0, 0.05) is 30.3 Å². The van der Waals surface area contributed by atoms with Crippen LogP contribution in [0.25, 0.3) is 0 Å². The Kier molecular flexibility index (Phi) is 15.1. The van der Waals surface area contributed by atoms with Crippen molar-refractivity contribution in [2.45, 2.75) is 59.0 Å². The second-order valence-corrected chi connectivity index (χ2v) is 9.16. The number of carbonyl (C=O) groups is 3. The van der Waals surface area contributed by atoms with Crippen LogP contribution < -0.4 is 15.3 Å². The van der Waals surface area contributed by atoms with E-state index in [1.165, 1.54) is 12.1 Å². The molecular formula is C29H38FN3O7. The van der Waals surface area contributed by atoms with Crippen LogP contribution in [0.2, 0.25) is 0 Å². The summed E-state index contributed by atoms with van der Waals surface area (Å²) in [5, 5.41) is 19.1. The lowest BCUT2D eigenvalue weighted by Crippen LogP contribution is -2.42. The highest BCUT2D eigenvalue weighted by Gasteiger charge is 2.24. The molecule has 0 spiro atoms. The predicted octanol–water partition coefficient (Wildman–Crippen LogP) is 4.72. The molecule has 2 rings (SSSR count). The lowest BCUT2D eigenvalue weighted by molar-refractivity contribution is -0.134. The smallest absolute Gasteiger partial charge is 0.328 e. The van der Waals surface area contributed by atoms with Crippen LogP contribution in [0.15, 0.2) is 59.7 Å². The fourth-order valence-corrected chi connectivity index (χ4v) is 3.60. The maximum absolute atomic E-state index is 14.5. The number of benzene rings is 2. The van der Waals surface area contributed by atoms with E-state index < -0.39 is 17.8 Å². The average molecular weight is 560 g/mol. The zero-order chi connectivity index (χ0) is 30.1. The molecule has 2 aromatic rings. The summed E-state index contributed by atoms with van der Waals surface area (Å²) in [6, 6.07) is 12.0. The van der Waals surface area contributed by atoms with E-state index in [0.29, 0.717) is 31.1 Å². The summed E-state index contributed by atoms with van der Waals surface area (Å²) in [5.74, 6) is 2.97. The molecule has 0 atom stereocenters. The van der Waals surface area contributed by atoms with Gasteiger partial charge in [0.1, 0.15) is 17.3 Å². The third-order valence-electron chi connectivity index (χ3n) is 5.32. The predicted molar refractivity (Wildman–Crippen MR) is 150 cm³/mol. The third kappa shape index (κ3) is 12.9. The maximum atomic E-state index is 14.5. The fourth-order valence-electron chi connectivity index (χ4n) is 3.60. The van der Waals surface area contributed by atoms with E-state index in [4.69, 9.17) is 25.5 Å². The number of hydrazone groups is 1. The van der Waals surface area contributed by atoms with Crippen molar-refractivity contribution in [3.8, 4) is 11.5 Å². The van der Waals surface area contributed by atoms with Crippen LogP contribution in [0.4, 0.5) is 4.39 Å². The maximum Gasteiger partial charge on any atom is 0.328 e. The van der Waals surface area contributed by atoms with E-state index in [1.807, 2.05) is 52.0 Å². The van der Waals surface area contributed by atoms with Crippen LogP contribution in [0.1, 0.15) is 62.9 Å². The monoisotopic (exact) mass is 559 g/mol. The number of nitrogens with two attached hydrogens (primary N) is 1. The summed E-state index contributed by atoms with van der Waals surface area (Å²) in [4.78, 5) is 33.5. The van der Waals surface area contributed by atoms with Crippen LogP contribution >= 0.6 is 0 Å². The first kappa shape index (κ1) is 33.6. The molecular weight excluding hydrogens is 521 g/mol. The number of hydrogen-bond acceptors (Lipinski definition) is 7. The quantitative estimate of drug-likeness (QED) is 0.0989. The molecule has 0 aliphatic carbocycles. The van der Waals surface area contributed by atoms with Gasteiger partial charge >= 0.3 is 11.9 Å². The molecule has 11 heteroatoms. The first-order chi connectivity index (χ1) is 19.0. The number of halogens is 1. The van der Waals surface area contributed by atoms with Gasteiger partial charge < -0.3 is 30.4 Å². The summed E-state index contributed by atoms with van der Waals surface area (Å²) >= 11 is 0. The number of carboxylic acids is 2. The minimum atomic E-state index is -1.26. The molecule has 0 fully saturated rings. The number of amides is 1. The molecule has 0 radical (unpaired) electrons. The van der Waals surface area contributed by atoms with E-state index in [-0.39, 0.29) is 23.6 Å². The minimum absolute atomic E-state index is 0.00761. The number of carbonyl (C=O) groups excluding carboxylic acids is 1. The lowest BCUT2D eigenvalue weighted by Gasteiger charge is -2.31. The van der Waals surface area contributed by atoms with Crippen LogP contribution in [-0.2, 0) is 9.59 Å². The molecule has 40 heavy (non-hydrogen) atoms.